The second-order valence-electron chi connectivity index (χ2n) is 6.80. The van der Waals surface area contributed by atoms with E-state index < -0.39 is 0 Å². The van der Waals surface area contributed by atoms with Crippen molar-refractivity contribution in [1.82, 2.24) is 4.98 Å². The van der Waals surface area contributed by atoms with Gasteiger partial charge in [-0.1, -0.05) is 45.9 Å². The molecule has 0 spiro atoms. The van der Waals surface area contributed by atoms with Crippen molar-refractivity contribution in [3.05, 3.63) is 57.4 Å². The summed E-state index contributed by atoms with van der Waals surface area (Å²) in [6, 6.07) is 9.98. The first-order valence-electron chi connectivity index (χ1n) is 8.26. The van der Waals surface area contributed by atoms with E-state index in [0.29, 0.717) is 18.1 Å². The summed E-state index contributed by atoms with van der Waals surface area (Å²) >= 11 is 3.50. The minimum Gasteiger partial charge on any atom is -0.507 e. The van der Waals surface area contributed by atoms with E-state index in [1.807, 2.05) is 18.2 Å². The number of fused-ring (bicyclic) bond motifs is 1. The molecule has 1 heterocycles. The van der Waals surface area contributed by atoms with Crippen LogP contribution in [0.5, 0.6) is 5.75 Å². The van der Waals surface area contributed by atoms with Crippen molar-refractivity contribution in [3.8, 4) is 5.75 Å². The van der Waals surface area contributed by atoms with Gasteiger partial charge >= 0.3 is 0 Å². The Hall–Kier alpha value is -1.81. The van der Waals surface area contributed by atoms with Gasteiger partial charge in [0.05, 0.1) is 4.47 Å². The van der Waals surface area contributed by atoms with E-state index in [-0.39, 0.29) is 11.8 Å². The lowest BCUT2D eigenvalue weighted by molar-refractivity contribution is 0.454. The van der Waals surface area contributed by atoms with Gasteiger partial charge in [0.2, 0.25) is 0 Å². The smallest absolute Gasteiger partial charge is 0.199 e. The fourth-order valence-corrected chi connectivity index (χ4v) is 3.38. The molecular formula is C20H22BrNO2. The van der Waals surface area contributed by atoms with Gasteiger partial charge in [-0.3, -0.25) is 0 Å². The maximum atomic E-state index is 10.5. The maximum Gasteiger partial charge on any atom is 0.199 e. The second kappa shape index (κ2) is 6.60. The molecule has 0 aliphatic carbocycles. The predicted molar refractivity (Wildman–Crippen MR) is 101 cm³/mol. The summed E-state index contributed by atoms with van der Waals surface area (Å²) in [4.78, 5) is 4.58. The fourth-order valence-electron chi connectivity index (χ4n) is 2.94. The molecule has 24 heavy (non-hydrogen) atoms. The number of phenols is 1. The number of hydrogen-bond donors (Lipinski definition) is 1. The molecular weight excluding hydrogens is 366 g/mol. The number of rotatable bonds is 4. The van der Waals surface area contributed by atoms with E-state index in [9.17, 15) is 5.11 Å². The molecule has 0 bridgehead atoms. The maximum absolute atomic E-state index is 10.5. The third kappa shape index (κ3) is 3.20. The molecule has 3 nitrogen and oxygen atoms in total. The number of oxazole rings is 1. The summed E-state index contributed by atoms with van der Waals surface area (Å²) in [7, 11) is 0. The lowest BCUT2D eigenvalue weighted by Crippen LogP contribution is -1.99. The zero-order valence-corrected chi connectivity index (χ0v) is 16.0. The highest BCUT2D eigenvalue weighted by Crippen LogP contribution is 2.35. The fraction of sp³-hybridized carbons (Fsp3) is 0.350. The van der Waals surface area contributed by atoms with Crippen molar-refractivity contribution in [2.45, 2.75) is 46.0 Å². The van der Waals surface area contributed by atoms with Gasteiger partial charge in [-0.2, -0.15) is 0 Å². The first kappa shape index (κ1) is 17.0. The van der Waals surface area contributed by atoms with Crippen molar-refractivity contribution < 1.29 is 9.52 Å². The Bertz CT molecular complexity index is 851. The van der Waals surface area contributed by atoms with Crippen LogP contribution in [0.25, 0.3) is 11.1 Å². The lowest BCUT2D eigenvalue weighted by Gasteiger charge is -2.17. The molecule has 0 aliphatic rings. The summed E-state index contributed by atoms with van der Waals surface area (Å²) in [5.41, 5.74) is 4.70. The Morgan fingerprint density at radius 1 is 1.08 bits per heavy atom. The predicted octanol–water partition coefficient (Wildman–Crippen LogP) is 6.13. The molecule has 0 saturated carbocycles. The molecule has 0 atom stereocenters. The SMILES string of the molecule is CC(C)c1cc(Cc2nc3cccc(Br)c3o2)cc(C(C)C)c1O. The molecule has 0 amide bonds. The van der Waals surface area contributed by atoms with Crippen LogP contribution in [0.15, 0.2) is 39.2 Å². The van der Waals surface area contributed by atoms with Crippen molar-refractivity contribution in [2.24, 2.45) is 0 Å². The normalized spacial score (nSPS) is 11.8. The van der Waals surface area contributed by atoms with E-state index in [1.54, 1.807) is 0 Å². The van der Waals surface area contributed by atoms with Gasteiger partial charge in [-0.15, -0.1) is 0 Å². The highest BCUT2D eigenvalue weighted by molar-refractivity contribution is 9.10. The third-order valence-corrected chi connectivity index (χ3v) is 4.86. The first-order chi connectivity index (χ1) is 11.4. The second-order valence-corrected chi connectivity index (χ2v) is 7.66. The zero-order chi connectivity index (χ0) is 17.4. The number of aromatic nitrogens is 1. The quantitative estimate of drug-likeness (QED) is 0.585. The first-order valence-corrected chi connectivity index (χ1v) is 9.05. The molecule has 1 aromatic heterocycles. The van der Waals surface area contributed by atoms with Gasteiger partial charge in [0.25, 0.3) is 0 Å². The van der Waals surface area contributed by atoms with Crippen LogP contribution >= 0.6 is 15.9 Å². The number of para-hydroxylation sites is 1. The van der Waals surface area contributed by atoms with E-state index in [1.165, 1.54) is 0 Å². The van der Waals surface area contributed by atoms with Crippen molar-refractivity contribution in [2.75, 3.05) is 0 Å². The van der Waals surface area contributed by atoms with Crippen LogP contribution in [0, 0.1) is 0 Å². The van der Waals surface area contributed by atoms with E-state index in [4.69, 9.17) is 4.42 Å². The molecule has 2 aromatic carbocycles. The van der Waals surface area contributed by atoms with E-state index >= 15 is 0 Å². The van der Waals surface area contributed by atoms with Crippen molar-refractivity contribution >= 4 is 27.0 Å². The summed E-state index contributed by atoms with van der Waals surface area (Å²) in [6.07, 6.45) is 0.612. The molecule has 1 N–H and O–H groups in total. The molecule has 0 saturated heterocycles. The molecule has 0 fully saturated rings. The van der Waals surface area contributed by atoms with Crippen molar-refractivity contribution in [1.29, 1.82) is 0 Å². The van der Waals surface area contributed by atoms with Gasteiger partial charge in [-0.25, -0.2) is 4.98 Å². The number of nitrogens with zero attached hydrogens (tertiary/aromatic N) is 1. The van der Waals surface area contributed by atoms with Gasteiger partial charge in [0.1, 0.15) is 11.3 Å². The van der Waals surface area contributed by atoms with Crippen LogP contribution in [0.2, 0.25) is 0 Å². The van der Waals surface area contributed by atoms with E-state index in [2.05, 4.69) is 60.7 Å². The van der Waals surface area contributed by atoms with Crippen LogP contribution in [-0.4, -0.2) is 10.1 Å². The Labute approximate surface area is 150 Å². The summed E-state index contributed by atoms with van der Waals surface area (Å²) < 4.78 is 6.83. The van der Waals surface area contributed by atoms with Gasteiger partial charge in [0, 0.05) is 6.42 Å². The highest BCUT2D eigenvalue weighted by atomic mass is 79.9. The Morgan fingerprint density at radius 2 is 1.71 bits per heavy atom. The number of hydrogen-bond acceptors (Lipinski definition) is 3. The minimum atomic E-state index is 0.264. The number of benzene rings is 2. The van der Waals surface area contributed by atoms with Gasteiger partial charge < -0.3 is 9.52 Å². The Kier molecular flexibility index (Phi) is 4.68. The molecule has 0 unspecified atom stereocenters. The summed E-state index contributed by atoms with van der Waals surface area (Å²) in [5, 5.41) is 10.5. The van der Waals surface area contributed by atoms with Crippen LogP contribution < -0.4 is 0 Å². The summed E-state index contributed by atoms with van der Waals surface area (Å²) in [6.45, 7) is 8.39. The molecule has 3 rings (SSSR count). The van der Waals surface area contributed by atoms with E-state index in [0.717, 1.165) is 32.3 Å². The van der Waals surface area contributed by atoms with Crippen LogP contribution in [-0.2, 0) is 6.42 Å². The largest absolute Gasteiger partial charge is 0.507 e. The number of phenolic OH excluding ortho intramolecular Hbond substituents is 1. The van der Waals surface area contributed by atoms with Crippen LogP contribution in [0.3, 0.4) is 0 Å². The molecule has 4 heteroatoms. The van der Waals surface area contributed by atoms with Crippen molar-refractivity contribution in [3.63, 3.8) is 0 Å². The number of aromatic hydroxyl groups is 1. The average molecular weight is 388 g/mol. The molecule has 126 valence electrons. The Balaban J connectivity index is 2.03. The molecule has 3 aromatic rings. The van der Waals surface area contributed by atoms with Gasteiger partial charge in [0.15, 0.2) is 11.5 Å². The van der Waals surface area contributed by atoms with Crippen LogP contribution in [0.1, 0.15) is 62.1 Å². The average Bonchev–Trinajstić information content (AvgIpc) is 2.92. The third-order valence-electron chi connectivity index (χ3n) is 4.24. The zero-order valence-electron chi connectivity index (χ0n) is 14.4. The molecule has 0 radical (unpaired) electrons. The topological polar surface area (TPSA) is 46.3 Å². The van der Waals surface area contributed by atoms with Crippen LogP contribution in [0.4, 0.5) is 0 Å². The molecule has 0 aliphatic heterocycles. The number of halogens is 1. The Morgan fingerprint density at radius 3 is 2.25 bits per heavy atom. The van der Waals surface area contributed by atoms with Gasteiger partial charge in [-0.05, 0) is 56.6 Å². The monoisotopic (exact) mass is 387 g/mol. The highest BCUT2D eigenvalue weighted by Gasteiger charge is 2.17. The summed E-state index contributed by atoms with van der Waals surface area (Å²) in [5.74, 6) is 1.64. The standard InChI is InChI=1S/C20H22BrNO2/c1-11(2)14-8-13(9-15(12(3)4)19(14)23)10-18-22-17-7-5-6-16(21)20(17)24-18/h5-9,11-12,23H,10H2,1-4H3. The lowest BCUT2D eigenvalue weighted by atomic mass is 9.91. The minimum absolute atomic E-state index is 0.264.